The number of rotatable bonds is 4. The first-order chi connectivity index (χ1) is 27.2. The Balaban J connectivity index is 0.000000146. The van der Waals surface area contributed by atoms with Gasteiger partial charge in [0, 0.05) is 48.6 Å². The van der Waals surface area contributed by atoms with Crippen molar-refractivity contribution in [3.63, 3.8) is 0 Å². The molecule has 0 bridgehead atoms. The van der Waals surface area contributed by atoms with Crippen molar-refractivity contribution in [3.8, 4) is 22.5 Å². The molecule has 8 aromatic rings. The quantitative estimate of drug-likeness (QED) is 0.223. The van der Waals surface area contributed by atoms with Gasteiger partial charge >= 0.3 is 0 Å². The summed E-state index contributed by atoms with van der Waals surface area (Å²) in [6, 6.07) is 10.4. The number of benzene rings is 2. The van der Waals surface area contributed by atoms with Crippen LogP contribution in [-0.2, 0) is 14.1 Å². The Morgan fingerprint density at radius 1 is 0.554 bits per heavy atom. The van der Waals surface area contributed by atoms with E-state index in [1.165, 1.54) is 12.1 Å². The lowest BCUT2D eigenvalue weighted by Gasteiger charge is -2.20. The Morgan fingerprint density at radius 3 is 1.64 bits per heavy atom. The fraction of sp³-hybridized carbons (Fsp3) is 0.350. The van der Waals surface area contributed by atoms with E-state index in [-0.39, 0.29) is 22.9 Å². The molecule has 0 amide bonds. The zero-order valence-corrected chi connectivity index (χ0v) is 31.6. The number of nitrogens with zero attached hydrogens (tertiary/aromatic N) is 12. The maximum Gasteiger partial charge on any atom is 0.154 e. The summed E-state index contributed by atoms with van der Waals surface area (Å²) in [4.78, 5) is 18.2. The summed E-state index contributed by atoms with van der Waals surface area (Å²) in [7, 11) is 3.73. The Labute approximate surface area is 320 Å². The lowest BCUT2D eigenvalue weighted by atomic mass is 9.97. The average Bonchev–Trinajstić information content (AvgIpc) is 3.80. The number of fused-ring (bicyclic) bond motifs is 4. The predicted molar refractivity (Wildman–Crippen MR) is 209 cm³/mol. The molecule has 16 heteroatoms. The monoisotopic (exact) mass is 754 g/mol. The number of halogens is 2. The van der Waals surface area contributed by atoms with Gasteiger partial charge in [0.1, 0.15) is 38.6 Å². The van der Waals surface area contributed by atoms with E-state index < -0.39 is 11.6 Å². The molecule has 2 aliphatic heterocycles. The first-order valence-electron chi connectivity index (χ1n) is 18.9. The number of aryl methyl sites for hydroxylation is 4. The third-order valence-corrected chi connectivity index (χ3v) is 10.6. The van der Waals surface area contributed by atoms with Gasteiger partial charge in [-0.15, -0.1) is 20.4 Å². The summed E-state index contributed by atoms with van der Waals surface area (Å²) in [5.74, 6) is 0.925. The largest absolute Gasteiger partial charge is 0.317 e. The minimum atomic E-state index is -0.400. The van der Waals surface area contributed by atoms with Gasteiger partial charge in [0.15, 0.2) is 23.3 Å². The number of hydrogen-bond acceptors (Lipinski definition) is 12. The third-order valence-electron chi connectivity index (χ3n) is 10.6. The van der Waals surface area contributed by atoms with Crippen LogP contribution in [0.15, 0.2) is 48.8 Å². The van der Waals surface area contributed by atoms with Crippen LogP contribution in [0.2, 0.25) is 0 Å². The van der Waals surface area contributed by atoms with E-state index in [1.807, 2.05) is 52.5 Å². The summed E-state index contributed by atoms with van der Waals surface area (Å²) in [6.07, 6.45) is 7.57. The minimum Gasteiger partial charge on any atom is -0.317 e. The van der Waals surface area contributed by atoms with Gasteiger partial charge in [-0.3, -0.25) is 14.3 Å². The maximum atomic E-state index is 14.9. The maximum absolute atomic E-state index is 14.9. The molecule has 0 radical (unpaired) electrons. The van der Waals surface area contributed by atoms with Gasteiger partial charge in [0.05, 0.1) is 23.3 Å². The fourth-order valence-electron chi connectivity index (χ4n) is 7.71. The van der Waals surface area contributed by atoms with Crippen LogP contribution in [0.1, 0.15) is 60.4 Å². The van der Waals surface area contributed by atoms with E-state index in [0.29, 0.717) is 45.2 Å². The fourth-order valence-corrected chi connectivity index (χ4v) is 7.71. The lowest BCUT2D eigenvalue weighted by molar-refractivity contribution is 0.442. The van der Waals surface area contributed by atoms with Crippen molar-refractivity contribution in [2.45, 2.75) is 51.4 Å². The molecule has 56 heavy (non-hydrogen) atoms. The van der Waals surface area contributed by atoms with Crippen LogP contribution in [0.5, 0.6) is 0 Å². The smallest absolute Gasteiger partial charge is 0.154 e. The molecular formula is C40H40F2N14. The van der Waals surface area contributed by atoms with Crippen LogP contribution in [0.25, 0.3) is 66.5 Å². The second-order valence-corrected chi connectivity index (χ2v) is 14.7. The second kappa shape index (κ2) is 14.6. The van der Waals surface area contributed by atoms with Gasteiger partial charge in [-0.25, -0.2) is 23.7 Å². The third kappa shape index (κ3) is 6.90. The SMILES string of the molecule is Cc1cc(-c2cc(F)c3nc(C4CCNCC4)nnc3c2)nc2cn(C)nc12.Cc1nc(-c2cc(F)c3nc(C4CCNCC4)nnc3c2)cc2cn(C)nc12. The Morgan fingerprint density at radius 2 is 1.07 bits per heavy atom. The number of piperidine rings is 2. The minimum absolute atomic E-state index is 0.231. The molecule has 0 spiro atoms. The normalized spacial score (nSPS) is 15.5. The lowest BCUT2D eigenvalue weighted by Crippen LogP contribution is -2.27. The van der Waals surface area contributed by atoms with E-state index >= 15 is 0 Å². The predicted octanol–water partition coefficient (Wildman–Crippen LogP) is 5.78. The molecule has 6 aromatic heterocycles. The molecular weight excluding hydrogens is 715 g/mol. The van der Waals surface area contributed by atoms with E-state index in [0.717, 1.165) is 85.1 Å². The Kier molecular flexibility index (Phi) is 9.29. The zero-order valence-electron chi connectivity index (χ0n) is 31.6. The van der Waals surface area contributed by atoms with Crippen molar-refractivity contribution in [2.24, 2.45) is 14.1 Å². The molecule has 0 saturated carbocycles. The van der Waals surface area contributed by atoms with Gasteiger partial charge in [0.2, 0.25) is 0 Å². The number of nitrogens with one attached hydrogen (secondary N) is 2. The standard InChI is InChI=1S/2C20H20FN7/c1-11-18-14(10-28(2)27-18)9-16(23-11)13-7-15(21)19-17(8-13)25-26-20(24-19)12-3-5-22-6-4-12;1-11-7-15(23-17-10-28(2)27-18(11)17)13-8-14(21)19-16(9-13)25-26-20(24-19)12-3-5-22-6-4-12/h2*7-10,12,22H,3-6H2,1-2H3. The Hall–Kier alpha value is -6.00. The molecule has 8 heterocycles. The van der Waals surface area contributed by atoms with E-state index in [2.05, 4.69) is 61.2 Å². The van der Waals surface area contributed by atoms with Crippen LogP contribution >= 0.6 is 0 Å². The van der Waals surface area contributed by atoms with Gasteiger partial charge in [0.25, 0.3) is 0 Å². The van der Waals surface area contributed by atoms with Crippen molar-refractivity contribution in [1.29, 1.82) is 0 Å². The molecule has 2 aromatic carbocycles. The summed E-state index contributed by atoms with van der Waals surface area (Å²) in [5.41, 5.74) is 8.38. The van der Waals surface area contributed by atoms with E-state index in [4.69, 9.17) is 0 Å². The first-order valence-corrected chi connectivity index (χ1v) is 18.9. The molecule has 2 saturated heterocycles. The molecule has 2 fully saturated rings. The highest BCUT2D eigenvalue weighted by Crippen LogP contribution is 2.31. The summed E-state index contributed by atoms with van der Waals surface area (Å²) in [6.45, 7) is 7.59. The van der Waals surface area contributed by atoms with Crippen LogP contribution in [0.4, 0.5) is 8.78 Å². The van der Waals surface area contributed by atoms with Crippen molar-refractivity contribution in [1.82, 2.24) is 70.5 Å². The van der Waals surface area contributed by atoms with Crippen molar-refractivity contribution < 1.29 is 8.78 Å². The summed E-state index contributed by atoms with van der Waals surface area (Å²) >= 11 is 0. The van der Waals surface area contributed by atoms with Crippen LogP contribution < -0.4 is 10.6 Å². The molecule has 14 nitrogen and oxygen atoms in total. The van der Waals surface area contributed by atoms with Crippen LogP contribution in [0, 0.1) is 25.5 Å². The number of hydrogen-bond donors (Lipinski definition) is 2. The molecule has 0 aliphatic carbocycles. The molecule has 0 unspecified atom stereocenters. The van der Waals surface area contributed by atoms with Crippen molar-refractivity contribution in [2.75, 3.05) is 26.2 Å². The van der Waals surface area contributed by atoms with Crippen molar-refractivity contribution >= 4 is 44.0 Å². The molecule has 2 aliphatic rings. The summed E-state index contributed by atoms with van der Waals surface area (Å²) < 4.78 is 33.3. The molecule has 10 rings (SSSR count). The van der Waals surface area contributed by atoms with Gasteiger partial charge in [-0.2, -0.15) is 10.2 Å². The zero-order chi connectivity index (χ0) is 38.5. The van der Waals surface area contributed by atoms with Crippen LogP contribution in [0.3, 0.4) is 0 Å². The number of pyridine rings is 2. The van der Waals surface area contributed by atoms with Crippen molar-refractivity contribution in [3.05, 3.63) is 83.3 Å². The topological polar surface area (TPSA) is 163 Å². The van der Waals surface area contributed by atoms with Gasteiger partial charge in [-0.05, 0) is 108 Å². The average molecular weight is 755 g/mol. The Bertz CT molecular complexity index is 2580. The number of aromatic nitrogens is 12. The second-order valence-electron chi connectivity index (χ2n) is 14.7. The summed E-state index contributed by atoms with van der Waals surface area (Å²) in [5, 5.41) is 33.5. The van der Waals surface area contributed by atoms with Gasteiger partial charge in [-0.1, -0.05) is 0 Å². The highest BCUT2D eigenvalue weighted by molar-refractivity contribution is 5.87. The molecule has 284 valence electrons. The highest BCUT2D eigenvalue weighted by atomic mass is 19.1. The van der Waals surface area contributed by atoms with E-state index in [1.54, 1.807) is 21.5 Å². The molecule has 0 atom stereocenters. The van der Waals surface area contributed by atoms with Gasteiger partial charge < -0.3 is 10.6 Å². The first kappa shape index (κ1) is 35.7. The molecule has 2 N–H and O–H groups in total. The highest BCUT2D eigenvalue weighted by Gasteiger charge is 2.22. The van der Waals surface area contributed by atoms with Crippen LogP contribution in [-0.4, -0.2) is 86.1 Å². The van der Waals surface area contributed by atoms with E-state index in [9.17, 15) is 8.78 Å².